The highest BCUT2D eigenvalue weighted by molar-refractivity contribution is 6.13. The standard InChI is InChI=1S/C65H71N17O5/c1-4-56-69-58(72-62(70-56)79-38-42-86-43-39-79)48-17-23-54(24-18-48)81(64(84)68-51-21-15-49(16-22-51)61(83)78-36-34-77(35-37-78)57-12-8-9-31-66-57)82(55-27-25-53(26-28-55)76-32-29-52(30-33-76)75(2)3)65(85)67-50-19-13-47(14-20-50)60-71-59(46-10-6-5-7-11-46)73-63(74-60)80-40-44-87-45-41-80/h5-28,31,52H,4,29-30,32-45H2,1-3H3,(H,67,85)(H,68,84). The molecule has 0 spiro atoms. The molecule has 3 aromatic heterocycles. The zero-order valence-electron chi connectivity index (χ0n) is 49.3. The fraction of sp³-hybridized carbons (Fsp3) is 0.323. The van der Waals surface area contributed by atoms with E-state index in [-0.39, 0.29) is 5.91 Å². The summed E-state index contributed by atoms with van der Waals surface area (Å²) in [5.74, 6) is 4.03. The van der Waals surface area contributed by atoms with Gasteiger partial charge in [0.2, 0.25) is 11.9 Å². The molecular weight excluding hydrogens is 1100 g/mol. The molecule has 4 fully saturated rings. The molecule has 0 atom stereocenters. The first kappa shape index (κ1) is 57.8. The number of ether oxygens (including phenoxy) is 2. The molecule has 0 saturated carbocycles. The van der Waals surface area contributed by atoms with Gasteiger partial charge in [-0.1, -0.05) is 43.3 Å². The van der Waals surface area contributed by atoms with Crippen molar-refractivity contribution in [3.63, 3.8) is 0 Å². The normalized spacial score (nSPS) is 15.7. The second kappa shape index (κ2) is 26.7. The third-order valence-corrected chi connectivity index (χ3v) is 16.2. The molecule has 22 heteroatoms. The molecule has 5 aromatic carbocycles. The van der Waals surface area contributed by atoms with Crippen LogP contribution in [-0.4, -0.2) is 175 Å². The van der Waals surface area contributed by atoms with Gasteiger partial charge in [-0.2, -0.15) is 30.0 Å². The number of urea groups is 2. The lowest BCUT2D eigenvalue weighted by atomic mass is 10.0. The van der Waals surface area contributed by atoms with E-state index < -0.39 is 12.1 Å². The van der Waals surface area contributed by atoms with Gasteiger partial charge >= 0.3 is 12.1 Å². The number of hydrogen-bond acceptors (Lipinski definition) is 17. The highest BCUT2D eigenvalue weighted by atomic mass is 16.5. The fourth-order valence-electron chi connectivity index (χ4n) is 11.2. The molecule has 8 aromatic rings. The van der Waals surface area contributed by atoms with Gasteiger partial charge in [-0.25, -0.2) is 24.5 Å². The first-order valence-electron chi connectivity index (χ1n) is 29.8. The number of benzene rings is 5. The van der Waals surface area contributed by atoms with Crippen molar-refractivity contribution in [1.29, 1.82) is 0 Å². The van der Waals surface area contributed by atoms with Gasteiger partial charge in [0, 0.05) is 123 Å². The quantitative estimate of drug-likeness (QED) is 0.0974. The lowest BCUT2D eigenvalue weighted by Crippen LogP contribution is -2.54. The van der Waals surface area contributed by atoms with E-state index in [1.54, 1.807) is 54.7 Å². The summed E-state index contributed by atoms with van der Waals surface area (Å²) in [4.78, 5) is 91.4. The summed E-state index contributed by atoms with van der Waals surface area (Å²) in [6, 6.07) is 43.9. The number of rotatable bonds is 14. The predicted molar refractivity (Wildman–Crippen MR) is 339 cm³/mol. The molecule has 4 saturated heterocycles. The molecule has 7 heterocycles. The molecule has 87 heavy (non-hydrogen) atoms. The smallest absolute Gasteiger partial charge is 0.345 e. The Morgan fingerprint density at radius 2 is 0.989 bits per heavy atom. The third-order valence-electron chi connectivity index (χ3n) is 16.2. The van der Waals surface area contributed by atoms with Crippen LogP contribution < -0.4 is 40.3 Å². The van der Waals surface area contributed by atoms with Crippen LogP contribution in [0.5, 0.6) is 0 Å². The van der Waals surface area contributed by atoms with Gasteiger partial charge < -0.3 is 49.5 Å². The molecule has 0 radical (unpaired) electrons. The topological polar surface area (TPSA) is 210 Å². The van der Waals surface area contributed by atoms with E-state index in [1.807, 2.05) is 109 Å². The Kier molecular flexibility index (Phi) is 17.8. The average molecular weight is 1170 g/mol. The number of aryl methyl sites for hydroxylation is 1. The molecule has 4 aliphatic heterocycles. The Morgan fingerprint density at radius 3 is 1.52 bits per heavy atom. The van der Waals surface area contributed by atoms with Gasteiger partial charge in [-0.15, -0.1) is 0 Å². The number of piperazine rings is 1. The van der Waals surface area contributed by atoms with Crippen molar-refractivity contribution in [2.24, 2.45) is 0 Å². The number of nitrogens with zero attached hydrogens (tertiary/aromatic N) is 15. The number of pyridine rings is 1. The third kappa shape index (κ3) is 13.6. The minimum absolute atomic E-state index is 0.110. The van der Waals surface area contributed by atoms with E-state index >= 15 is 9.59 Å². The van der Waals surface area contributed by atoms with Gasteiger partial charge in [0.05, 0.1) is 37.8 Å². The van der Waals surface area contributed by atoms with Crippen molar-refractivity contribution < 1.29 is 23.9 Å². The Bertz CT molecular complexity index is 3610. The van der Waals surface area contributed by atoms with Crippen molar-refractivity contribution in [3.8, 4) is 34.2 Å². The van der Waals surface area contributed by atoms with Gasteiger partial charge in [0.15, 0.2) is 17.5 Å². The van der Waals surface area contributed by atoms with E-state index in [2.05, 4.69) is 54.2 Å². The molecule has 12 rings (SSSR count). The molecule has 4 aliphatic rings. The summed E-state index contributed by atoms with van der Waals surface area (Å²) in [5.41, 5.74) is 5.36. The largest absolute Gasteiger partial charge is 0.378 e. The van der Waals surface area contributed by atoms with Crippen molar-refractivity contribution in [2.45, 2.75) is 32.2 Å². The molecule has 0 bridgehead atoms. The van der Waals surface area contributed by atoms with Crippen LogP contribution >= 0.6 is 0 Å². The zero-order valence-corrected chi connectivity index (χ0v) is 49.3. The monoisotopic (exact) mass is 1170 g/mol. The zero-order chi connectivity index (χ0) is 59.6. The number of carbonyl (C=O) groups is 3. The number of amides is 5. The van der Waals surface area contributed by atoms with Crippen molar-refractivity contribution in [1.82, 2.24) is 44.7 Å². The Balaban J connectivity index is 0.874. The van der Waals surface area contributed by atoms with Crippen LogP contribution in [0.4, 0.5) is 55.7 Å². The summed E-state index contributed by atoms with van der Waals surface area (Å²) in [5, 5.41) is 8.84. The van der Waals surface area contributed by atoms with Crippen LogP contribution in [0.1, 0.15) is 35.9 Å². The van der Waals surface area contributed by atoms with E-state index in [4.69, 9.17) is 39.4 Å². The Hall–Kier alpha value is -9.64. The van der Waals surface area contributed by atoms with Crippen molar-refractivity contribution >= 4 is 64.1 Å². The van der Waals surface area contributed by atoms with Crippen LogP contribution in [0.3, 0.4) is 0 Å². The molecule has 446 valence electrons. The summed E-state index contributed by atoms with van der Waals surface area (Å²) >= 11 is 0. The Morgan fingerprint density at radius 1 is 0.494 bits per heavy atom. The average Bonchev–Trinajstić information content (AvgIpc) is 2.03. The van der Waals surface area contributed by atoms with Gasteiger partial charge in [-0.3, -0.25) is 4.79 Å². The molecule has 22 nitrogen and oxygen atoms in total. The van der Waals surface area contributed by atoms with Crippen molar-refractivity contribution in [2.75, 3.05) is 146 Å². The number of nitrogens with one attached hydrogen (secondary N) is 2. The lowest BCUT2D eigenvalue weighted by molar-refractivity contribution is 0.0746. The van der Waals surface area contributed by atoms with Crippen LogP contribution in [0.2, 0.25) is 0 Å². The van der Waals surface area contributed by atoms with Crippen molar-refractivity contribution in [3.05, 3.63) is 163 Å². The first-order valence-corrected chi connectivity index (χ1v) is 29.8. The van der Waals surface area contributed by atoms with E-state index in [0.717, 1.165) is 43.0 Å². The molecule has 0 aliphatic carbocycles. The van der Waals surface area contributed by atoms with E-state index in [0.29, 0.717) is 166 Å². The number of hydrazine groups is 1. The predicted octanol–water partition coefficient (Wildman–Crippen LogP) is 8.87. The maximum absolute atomic E-state index is 15.5. The van der Waals surface area contributed by atoms with Gasteiger partial charge in [0.25, 0.3) is 5.91 Å². The van der Waals surface area contributed by atoms with Gasteiger partial charge in [-0.05, 0) is 136 Å². The van der Waals surface area contributed by atoms with Crippen LogP contribution in [-0.2, 0) is 15.9 Å². The lowest BCUT2D eigenvalue weighted by Gasteiger charge is -2.37. The summed E-state index contributed by atoms with van der Waals surface area (Å²) < 4.78 is 11.3. The van der Waals surface area contributed by atoms with E-state index in [1.165, 1.54) is 10.0 Å². The molecule has 2 N–H and O–H groups in total. The number of aromatic nitrogens is 7. The molecular formula is C65H71N17O5. The number of piperidine rings is 1. The summed E-state index contributed by atoms with van der Waals surface area (Å²) in [7, 11) is 4.25. The highest BCUT2D eigenvalue weighted by Gasteiger charge is 2.32. The second-order valence-corrected chi connectivity index (χ2v) is 21.9. The fourth-order valence-corrected chi connectivity index (χ4v) is 11.2. The minimum Gasteiger partial charge on any atom is -0.378 e. The highest BCUT2D eigenvalue weighted by Crippen LogP contribution is 2.33. The first-order chi connectivity index (χ1) is 42.6. The second-order valence-electron chi connectivity index (χ2n) is 21.9. The summed E-state index contributed by atoms with van der Waals surface area (Å²) in [6.07, 6.45) is 4.40. The van der Waals surface area contributed by atoms with Crippen LogP contribution in [0.15, 0.2) is 152 Å². The number of hydrogen-bond donors (Lipinski definition) is 2. The number of carbonyl (C=O) groups excluding carboxylic acids is 3. The molecule has 0 unspecified atom stereocenters. The Labute approximate surface area is 506 Å². The maximum atomic E-state index is 15.5. The number of morpholine rings is 2. The minimum atomic E-state index is -0.657. The van der Waals surface area contributed by atoms with Crippen LogP contribution in [0.25, 0.3) is 34.2 Å². The SMILES string of the molecule is CCc1nc(-c2ccc(N(C(=O)Nc3ccc(C(=O)N4CCN(c5ccccn5)CC4)cc3)N(C(=O)Nc3ccc(-c4nc(-c5ccccc5)nc(N5CCOCC5)n4)cc3)c3ccc(N4CCC(N(C)C)CC4)cc3)cc2)nc(N2CCOCC2)n1. The van der Waals surface area contributed by atoms with Gasteiger partial charge in [0.1, 0.15) is 11.6 Å². The number of anilines is 8. The maximum Gasteiger partial charge on any atom is 0.345 e. The van der Waals surface area contributed by atoms with E-state index in [9.17, 15) is 4.79 Å². The van der Waals surface area contributed by atoms with Crippen LogP contribution in [0, 0.1) is 0 Å². The molecule has 5 amide bonds. The summed E-state index contributed by atoms with van der Waals surface area (Å²) in [6.45, 7) is 11.0.